The highest BCUT2D eigenvalue weighted by Gasteiger charge is 2.26. The number of likely N-dealkylation sites (N-methyl/N-ethyl adjacent to an activating group) is 1. The van der Waals surface area contributed by atoms with E-state index in [1.165, 1.54) is 32.1 Å². The fourth-order valence-electron chi connectivity index (χ4n) is 2.87. The monoisotopic (exact) mass is 227 g/mol. The summed E-state index contributed by atoms with van der Waals surface area (Å²) in [5, 5.41) is 3.59. The van der Waals surface area contributed by atoms with Gasteiger partial charge in [0.2, 0.25) is 0 Å². The van der Waals surface area contributed by atoms with E-state index in [1.807, 2.05) is 0 Å². The molecule has 1 saturated carbocycles. The van der Waals surface area contributed by atoms with Gasteiger partial charge in [0.15, 0.2) is 0 Å². The van der Waals surface area contributed by atoms with E-state index < -0.39 is 0 Å². The quantitative estimate of drug-likeness (QED) is 0.721. The van der Waals surface area contributed by atoms with E-state index in [0.717, 1.165) is 31.6 Å². The molecule has 1 rings (SSSR count). The summed E-state index contributed by atoms with van der Waals surface area (Å²) in [7, 11) is 0. The molecule has 1 fully saturated rings. The fraction of sp³-hybridized carbons (Fsp3) is 1.00. The number of hydrogen-bond acceptors (Lipinski definition) is 2. The van der Waals surface area contributed by atoms with Crippen LogP contribution in [0.1, 0.15) is 52.9 Å². The summed E-state index contributed by atoms with van der Waals surface area (Å²) in [5.74, 6) is 1.83. The standard InChI is InChI=1S/C14H29NO/c1-4-12-7-9-13(10-8-12)14(15-5-2)11-16-6-3/h12-15H,4-11H2,1-3H3. The van der Waals surface area contributed by atoms with Gasteiger partial charge in [-0.25, -0.2) is 0 Å². The van der Waals surface area contributed by atoms with Gasteiger partial charge in [0, 0.05) is 12.6 Å². The van der Waals surface area contributed by atoms with Crippen LogP contribution in [0.25, 0.3) is 0 Å². The van der Waals surface area contributed by atoms with Crippen molar-refractivity contribution in [2.75, 3.05) is 19.8 Å². The van der Waals surface area contributed by atoms with Crippen LogP contribution < -0.4 is 5.32 Å². The minimum absolute atomic E-state index is 0.586. The highest BCUT2D eigenvalue weighted by atomic mass is 16.5. The molecular formula is C14H29NO. The lowest BCUT2D eigenvalue weighted by atomic mass is 9.78. The van der Waals surface area contributed by atoms with Crippen molar-refractivity contribution in [2.24, 2.45) is 11.8 Å². The number of ether oxygens (including phenoxy) is 1. The van der Waals surface area contributed by atoms with E-state index in [9.17, 15) is 0 Å². The van der Waals surface area contributed by atoms with Crippen LogP contribution in [0.3, 0.4) is 0 Å². The summed E-state index contributed by atoms with van der Waals surface area (Å²) in [6.07, 6.45) is 7.00. The van der Waals surface area contributed by atoms with Gasteiger partial charge in [-0.1, -0.05) is 33.1 Å². The first-order chi connectivity index (χ1) is 7.81. The molecule has 16 heavy (non-hydrogen) atoms. The van der Waals surface area contributed by atoms with Gasteiger partial charge in [-0.3, -0.25) is 0 Å². The molecule has 1 N–H and O–H groups in total. The molecule has 0 heterocycles. The molecule has 0 bridgehead atoms. The van der Waals surface area contributed by atoms with Gasteiger partial charge in [0.1, 0.15) is 0 Å². The van der Waals surface area contributed by atoms with Crippen molar-refractivity contribution in [1.29, 1.82) is 0 Å². The third-order valence-electron chi connectivity index (χ3n) is 4.01. The van der Waals surface area contributed by atoms with Crippen LogP contribution in [0.4, 0.5) is 0 Å². The van der Waals surface area contributed by atoms with E-state index >= 15 is 0 Å². The van der Waals surface area contributed by atoms with Crippen LogP contribution in [0.15, 0.2) is 0 Å². The predicted octanol–water partition coefficient (Wildman–Crippen LogP) is 3.22. The summed E-state index contributed by atoms with van der Waals surface area (Å²) < 4.78 is 5.59. The summed E-state index contributed by atoms with van der Waals surface area (Å²) in [6.45, 7) is 9.39. The van der Waals surface area contributed by atoms with Crippen molar-refractivity contribution in [3.05, 3.63) is 0 Å². The molecule has 2 heteroatoms. The van der Waals surface area contributed by atoms with Crippen LogP contribution in [0, 0.1) is 11.8 Å². The second-order valence-electron chi connectivity index (χ2n) is 5.01. The zero-order valence-electron chi connectivity index (χ0n) is 11.3. The highest BCUT2D eigenvalue weighted by Crippen LogP contribution is 2.32. The lowest BCUT2D eigenvalue weighted by molar-refractivity contribution is 0.0879. The first-order valence-corrected chi connectivity index (χ1v) is 7.12. The first-order valence-electron chi connectivity index (χ1n) is 7.12. The topological polar surface area (TPSA) is 21.3 Å². The molecule has 0 aromatic rings. The van der Waals surface area contributed by atoms with Gasteiger partial charge in [0.25, 0.3) is 0 Å². The summed E-state index contributed by atoms with van der Waals surface area (Å²) in [6, 6.07) is 0.586. The minimum atomic E-state index is 0.586. The van der Waals surface area contributed by atoms with Crippen molar-refractivity contribution in [3.63, 3.8) is 0 Å². The molecule has 0 aliphatic heterocycles. The van der Waals surface area contributed by atoms with E-state index in [-0.39, 0.29) is 0 Å². The molecule has 0 aromatic carbocycles. The molecule has 1 aliphatic rings. The highest BCUT2D eigenvalue weighted by molar-refractivity contribution is 4.81. The molecule has 2 nitrogen and oxygen atoms in total. The number of hydrogen-bond donors (Lipinski definition) is 1. The summed E-state index contributed by atoms with van der Waals surface area (Å²) >= 11 is 0. The van der Waals surface area contributed by atoms with Crippen LogP contribution >= 0.6 is 0 Å². The predicted molar refractivity (Wildman–Crippen MR) is 69.7 cm³/mol. The Morgan fingerprint density at radius 1 is 1.12 bits per heavy atom. The van der Waals surface area contributed by atoms with Gasteiger partial charge in [0.05, 0.1) is 6.61 Å². The lowest BCUT2D eigenvalue weighted by Crippen LogP contribution is -2.41. The van der Waals surface area contributed by atoms with Gasteiger partial charge in [-0.15, -0.1) is 0 Å². The average Bonchev–Trinajstić information content (AvgIpc) is 2.35. The second-order valence-corrected chi connectivity index (χ2v) is 5.01. The van der Waals surface area contributed by atoms with Crippen molar-refractivity contribution in [1.82, 2.24) is 5.32 Å². The van der Waals surface area contributed by atoms with Crippen LogP contribution in [0.5, 0.6) is 0 Å². The Bertz CT molecular complexity index is 164. The number of nitrogens with one attached hydrogen (secondary N) is 1. The second kappa shape index (κ2) is 8.08. The Hall–Kier alpha value is -0.0800. The summed E-state index contributed by atoms with van der Waals surface area (Å²) in [5.41, 5.74) is 0. The van der Waals surface area contributed by atoms with Gasteiger partial charge >= 0.3 is 0 Å². The van der Waals surface area contributed by atoms with Crippen LogP contribution in [-0.2, 0) is 4.74 Å². The molecule has 1 atom stereocenters. The molecule has 1 aliphatic carbocycles. The van der Waals surface area contributed by atoms with Crippen LogP contribution in [-0.4, -0.2) is 25.8 Å². The largest absolute Gasteiger partial charge is 0.380 e. The van der Waals surface area contributed by atoms with Crippen LogP contribution in [0.2, 0.25) is 0 Å². The maximum atomic E-state index is 5.59. The average molecular weight is 227 g/mol. The van der Waals surface area contributed by atoms with Gasteiger partial charge in [-0.2, -0.15) is 0 Å². The zero-order valence-corrected chi connectivity index (χ0v) is 11.3. The Morgan fingerprint density at radius 2 is 1.81 bits per heavy atom. The Balaban J connectivity index is 2.33. The lowest BCUT2D eigenvalue weighted by Gasteiger charge is -2.33. The van der Waals surface area contributed by atoms with Gasteiger partial charge in [-0.05, 0) is 38.1 Å². The van der Waals surface area contributed by atoms with Crippen molar-refractivity contribution >= 4 is 0 Å². The van der Waals surface area contributed by atoms with Crippen molar-refractivity contribution in [3.8, 4) is 0 Å². The van der Waals surface area contributed by atoms with E-state index in [2.05, 4.69) is 26.1 Å². The number of rotatable bonds is 7. The molecule has 1 unspecified atom stereocenters. The Kier molecular flexibility index (Phi) is 7.06. The summed E-state index contributed by atoms with van der Waals surface area (Å²) in [4.78, 5) is 0. The maximum absolute atomic E-state index is 5.59. The SMILES string of the molecule is CCNC(COCC)C1CCC(CC)CC1. The maximum Gasteiger partial charge on any atom is 0.0622 e. The van der Waals surface area contributed by atoms with E-state index in [1.54, 1.807) is 0 Å². The molecule has 0 amide bonds. The smallest absolute Gasteiger partial charge is 0.0622 e. The third kappa shape index (κ3) is 4.42. The molecular weight excluding hydrogens is 198 g/mol. The third-order valence-corrected chi connectivity index (χ3v) is 4.01. The first kappa shape index (κ1) is 14.0. The van der Waals surface area contributed by atoms with Crippen molar-refractivity contribution in [2.45, 2.75) is 58.9 Å². The molecule has 0 saturated heterocycles. The molecule has 0 spiro atoms. The Labute approximate surface area is 101 Å². The Morgan fingerprint density at radius 3 is 2.31 bits per heavy atom. The normalized spacial score (nSPS) is 27.9. The molecule has 0 aromatic heterocycles. The molecule has 96 valence electrons. The minimum Gasteiger partial charge on any atom is -0.380 e. The fourth-order valence-corrected chi connectivity index (χ4v) is 2.87. The van der Waals surface area contributed by atoms with E-state index in [0.29, 0.717) is 6.04 Å². The molecule has 0 radical (unpaired) electrons. The van der Waals surface area contributed by atoms with Gasteiger partial charge < -0.3 is 10.1 Å². The zero-order chi connectivity index (χ0) is 11.8. The van der Waals surface area contributed by atoms with Crippen molar-refractivity contribution < 1.29 is 4.74 Å². The van der Waals surface area contributed by atoms with E-state index in [4.69, 9.17) is 4.74 Å².